The van der Waals surface area contributed by atoms with Crippen molar-refractivity contribution in [2.45, 2.75) is 0 Å². The summed E-state index contributed by atoms with van der Waals surface area (Å²) in [6, 6.07) is 8.04. The summed E-state index contributed by atoms with van der Waals surface area (Å²) in [7, 11) is 0. The van der Waals surface area contributed by atoms with Crippen LogP contribution in [-0.2, 0) is 0 Å². The van der Waals surface area contributed by atoms with Crippen LogP contribution in [0, 0.1) is 20.2 Å². The maximum Gasteiger partial charge on any atom is 0.433 e. The molecule has 0 spiro atoms. The molecule has 2 heterocycles. The number of rotatable bonds is 5. The molecule has 2 aromatic heterocycles. The second kappa shape index (κ2) is 5.76. The third-order valence-corrected chi connectivity index (χ3v) is 3.20. The minimum atomic E-state index is -0.697. The van der Waals surface area contributed by atoms with E-state index in [4.69, 9.17) is 4.42 Å². The second-order valence-corrected chi connectivity index (χ2v) is 4.66. The number of aromatic nitrogens is 2. The molecule has 0 aliphatic carbocycles. The van der Waals surface area contributed by atoms with Gasteiger partial charge in [0.25, 0.3) is 5.69 Å². The number of nitrogens with zero attached hydrogens (tertiary/aromatic N) is 4. The molecule has 10 nitrogen and oxygen atoms in total. The number of benzene rings is 1. The minimum Gasteiger partial charge on any atom is -0.399 e. The van der Waals surface area contributed by atoms with Crippen molar-refractivity contribution in [3.63, 3.8) is 0 Å². The van der Waals surface area contributed by atoms with E-state index in [-0.39, 0.29) is 22.7 Å². The Kier molecular flexibility index (Phi) is 3.62. The van der Waals surface area contributed by atoms with Crippen LogP contribution in [-0.4, -0.2) is 25.9 Å². The monoisotopic (exact) mass is 328 g/mol. The fraction of sp³-hybridized carbons (Fsp3) is 0. The van der Waals surface area contributed by atoms with Gasteiger partial charge in [0.05, 0.1) is 22.2 Å². The Morgan fingerprint density at radius 2 is 1.75 bits per heavy atom. The Labute approximate surface area is 133 Å². The molecule has 0 saturated heterocycles. The lowest BCUT2D eigenvalue weighted by Crippen LogP contribution is -1.95. The summed E-state index contributed by atoms with van der Waals surface area (Å²) in [6.07, 6.45) is 1.94. The van der Waals surface area contributed by atoms with E-state index in [1.807, 2.05) is 0 Å². The van der Waals surface area contributed by atoms with Gasteiger partial charge in [0.1, 0.15) is 10.6 Å². The van der Waals surface area contributed by atoms with Gasteiger partial charge in [0.15, 0.2) is 12.0 Å². The van der Waals surface area contributed by atoms with Crippen LogP contribution in [0.25, 0.3) is 17.1 Å². The van der Waals surface area contributed by atoms with Crippen molar-refractivity contribution in [3.8, 4) is 17.1 Å². The molecule has 120 valence electrons. The fourth-order valence-electron chi connectivity index (χ4n) is 2.08. The molecule has 3 rings (SSSR count). The Morgan fingerprint density at radius 1 is 1.04 bits per heavy atom. The van der Waals surface area contributed by atoms with Crippen molar-refractivity contribution in [1.82, 2.24) is 9.78 Å². The quantitative estimate of drug-likeness (QED) is 0.399. The molecule has 0 fully saturated rings. The average molecular weight is 328 g/mol. The van der Waals surface area contributed by atoms with Crippen LogP contribution in [0.2, 0.25) is 0 Å². The molecule has 10 heteroatoms. The van der Waals surface area contributed by atoms with E-state index in [2.05, 4.69) is 5.10 Å². The second-order valence-electron chi connectivity index (χ2n) is 4.66. The van der Waals surface area contributed by atoms with Gasteiger partial charge < -0.3 is 4.42 Å². The van der Waals surface area contributed by atoms with Crippen LogP contribution in [0.15, 0.2) is 47.0 Å². The van der Waals surface area contributed by atoms with E-state index in [0.717, 1.165) is 6.07 Å². The van der Waals surface area contributed by atoms with Gasteiger partial charge in [-0.1, -0.05) is 0 Å². The Bertz CT molecular complexity index is 941. The number of carbonyl (C=O) groups excluding carboxylic acids is 1. The normalized spacial score (nSPS) is 10.5. The number of carbonyl (C=O) groups is 1. The third kappa shape index (κ3) is 2.63. The summed E-state index contributed by atoms with van der Waals surface area (Å²) >= 11 is 0. The lowest BCUT2D eigenvalue weighted by atomic mass is 10.2. The van der Waals surface area contributed by atoms with E-state index in [1.54, 1.807) is 0 Å². The predicted octanol–water partition coefficient (Wildman–Crippen LogP) is 2.76. The maximum atomic E-state index is 11.2. The predicted molar refractivity (Wildman–Crippen MR) is 80.0 cm³/mol. The molecule has 0 aliphatic heterocycles. The highest BCUT2D eigenvalue weighted by molar-refractivity contribution is 5.84. The topological polar surface area (TPSA) is 134 Å². The molecular formula is C14H8N4O6. The summed E-state index contributed by atoms with van der Waals surface area (Å²) in [6.45, 7) is 0. The average Bonchev–Trinajstić information content (AvgIpc) is 3.21. The molecule has 0 amide bonds. The molecule has 0 N–H and O–H groups in total. The van der Waals surface area contributed by atoms with Crippen molar-refractivity contribution < 1.29 is 19.1 Å². The number of hydrogen-bond acceptors (Lipinski definition) is 7. The summed E-state index contributed by atoms with van der Waals surface area (Å²) < 4.78 is 6.38. The highest BCUT2D eigenvalue weighted by Crippen LogP contribution is 2.28. The summed E-state index contributed by atoms with van der Waals surface area (Å²) in [4.78, 5) is 31.3. The van der Waals surface area contributed by atoms with Gasteiger partial charge in [-0.3, -0.25) is 25.0 Å². The lowest BCUT2D eigenvalue weighted by Gasteiger charge is -2.00. The fourth-order valence-corrected chi connectivity index (χ4v) is 2.08. The standard InChI is InChI=1S/C14H8N4O6/c19-8-9-7-16(10-1-3-11(4-2-10)17(20)21)15-14(9)12-5-6-13(24-12)18(22)23/h1-8H. The molecule has 0 radical (unpaired) electrons. The van der Waals surface area contributed by atoms with Gasteiger partial charge in [-0.2, -0.15) is 5.10 Å². The van der Waals surface area contributed by atoms with Crippen molar-refractivity contribution in [3.05, 3.63) is 68.4 Å². The summed E-state index contributed by atoms with van der Waals surface area (Å²) in [5.41, 5.74) is 0.702. The molecule has 0 bridgehead atoms. The summed E-state index contributed by atoms with van der Waals surface area (Å²) in [5.74, 6) is -0.392. The zero-order valence-corrected chi connectivity index (χ0v) is 11.9. The zero-order chi connectivity index (χ0) is 17.3. The smallest absolute Gasteiger partial charge is 0.399 e. The van der Waals surface area contributed by atoms with Crippen LogP contribution >= 0.6 is 0 Å². The SMILES string of the molecule is O=Cc1cn(-c2ccc([N+](=O)[O-])cc2)nc1-c1ccc([N+](=O)[O-])o1. The maximum absolute atomic E-state index is 11.2. The molecule has 1 aromatic carbocycles. The molecule has 0 aliphatic rings. The summed E-state index contributed by atoms with van der Waals surface area (Å²) in [5, 5.41) is 25.5. The van der Waals surface area contributed by atoms with Gasteiger partial charge in [0.2, 0.25) is 0 Å². The first-order valence-electron chi connectivity index (χ1n) is 6.54. The van der Waals surface area contributed by atoms with Gasteiger partial charge in [-0.15, -0.1) is 0 Å². The zero-order valence-electron chi connectivity index (χ0n) is 11.9. The van der Waals surface area contributed by atoms with Crippen LogP contribution in [0.5, 0.6) is 0 Å². The van der Waals surface area contributed by atoms with Crippen LogP contribution in [0.1, 0.15) is 10.4 Å². The molecule has 0 saturated carbocycles. The van der Waals surface area contributed by atoms with Gasteiger partial charge in [-0.25, -0.2) is 4.68 Å². The van der Waals surface area contributed by atoms with Crippen LogP contribution in [0.4, 0.5) is 11.6 Å². The number of furan rings is 1. The third-order valence-electron chi connectivity index (χ3n) is 3.20. The van der Waals surface area contributed by atoms with Crippen LogP contribution in [0.3, 0.4) is 0 Å². The number of non-ortho nitro benzene ring substituents is 1. The van der Waals surface area contributed by atoms with E-state index >= 15 is 0 Å². The van der Waals surface area contributed by atoms with Gasteiger partial charge >= 0.3 is 5.88 Å². The molecule has 0 unspecified atom stereocenters. The first-order chi connectivity index (χ1) is 11.5. The number of nitro groups is 2. The van der Waals surface area contributed by atoms with Crippen molar-refractivity contribution in [2.24, 2.45) is 0 Å². The van der Waals surface area contributed by atoms with E-state index in [9.17, 15) is 25.0 Å². The largest absolute Gasteiger partial charge is 0.433 e. The Morgan fingerprint density at radius 3 is 2.29 bits per heavy atom. The highest BCUT2D eigenvalue weighted by Gasteiger charge is 2.19. The Balaban J connectivity index is 2.02. The lowest BCUT2D eigenvalue weighted by molar-refractivity contribution is -0.401. The van der Waals surface area contributed by atoms with E-state index in [1.165, 1.54) is 41.2 Å². The molecular weight excluding hydrogens is 320 g/mol. The van der Waals surface area contributed by atoms with Crippen molar-refractivity contribution >= 4 is 17.9 Å². The van der Waals surface area contributed by atoms with Gasteiger partial charge in [-0.05, 0) is 18.2 Å². The molecule has 24 heavy (non-hydrogen) atoms. The van der Waals surface area contributed by atoms with Crippen molar-refractivity contribution in [2.75, 3.05) is 0 Å². The first kappa shape index (κ1) is 15.1. The minimum absolute atomic E-state index is 0.0736. The Hall–Kier alpha value is -3.82. The van der Waals surface area contributed by atoms with Gasteiger partial charge in [0, 0.05) is 18.3 Å². The van der Waals surface area contributed by atoms with E-state index < -0.39 is 15.7 Å². The number of nitro benzene ring substituents is 1. The van der Waals surface area contributed by atoms with Crippen molar-refractivity contribution in [1.29, 1.82) is 0 Å². The molecule has 3 aromatic rings. The first-order valence-corrected chi connectivity index (χ1v) is 6.54. The number of hydrogen-bond donors (Lipinski definition) is 0. The van der Waals surface area contributed by atoms with Crippen LogP contribution < -0.4 is 0 Å². The highest BCUT2D eigenvalue weighted by atomic mass is 16.6. The molecule has 0 atom stereocenters. The van der Waals surface area contributed by atoms with E-state index in [0.29, 0.717) is 12.0 Å². The number of aldehydes is 1.